The van der Waals surface area contributed by atoms with E-state index in [2.05, 4.69) is 20.6 Å². The summed E-state index contributed by atoms with van der Waals surface area (Å²) < 4.78 is 15.3. The van der Waals surface area contributed by atoms with E-state index in [-0.39, 0.29) is 11.9 Å². The first-order valence-electron chi connectivity index (χ1n) is 10.5. The van der Waals surface area contributed by atoms with Gasteiger partial charge in [-0.1, -0.05) is 12.1 Å². The zero-order valence-corrected chi connectivity index (χ0v) is 18.2. The van der Waals surface area contributed by atoms with Gasteiger partial charge in [0.1, 0.15) is 0 Å². The molecule has 2 aromatic rings. The second-order valence-corrected chi connectivity index (χ2v) is 10.4. The molecule has 1 amide bonds. The summed E-state index contributed by atoms with van der Waals surface area (Å²) in [6.45, 7) is 1.42. The third-order valence-corrected chi connectivity index (χ3v) is 8.02. The summed E-state index contributed by atoms with van der Waals surface area (Å²) in [6.07, 6.45) is 6.58. The van der Waals surface area contributed by atoms with Gasteiger partial charge in [-0.2, -0.15) is 0 Å². The number of nitrogens with zero attached hydrogens (tertiary/aromatic N) is 3. The highest BCUT2D eigenvalue weighted by atomic mass is 32.2. The summed E-state index contributed by atoms with van der Waals surface area (Å²) in [5, 5.41) is 0. The molecule has 0 spiro atoms. The van der Waals surface area contributed by atoms with Crippen molar-refractivity contribution in [2.75, 3.05) is 20.1 Å². The van der Waals surface area contributed by atoms with E-state index in [1.54, 1.807) is 25.4 Å². The van der Waals surface area contributed by atoms with E-state index >= 15 is 0 Å². The van der Waals surface area contributed by atoms with Gasteiger partial charge >= 0.3 is 0 Å². The van der Waals surface area contributed by atoms with E-state index in [4.69, 9.17) is 5.73 Å². The third kappa shape index (κ3) is 3.99. The number of benzene rings is 1. The number of fused-ring (bicyclic) bond motifs is 1. The fraction of sp³-hybridized carbons (Fsp3) is 0.455. The van der Waals surface area contributed by atoms with Crippen molar-refractivity contribution in [2.45, 2.75) is 43.0 Å². The maximum atomic E-state index is 13.1. The van der Waals surface area contributed by atoms with Crippen LogP contribution in [0.3, 0.4) is 0 Å². The molecule has 4 rings (SSSR count). The quantitative estimate of drug-likeness (QED) is 0.710. The Morgan fingerprint density at radius 1 is 1.30 bits per heavy atom. The van der Waals surface area contributed by atoms with Gasteiger partial charge in [0.2, 0.25) is 0 Å². The standard InChI is InChI=1S/C22H29N5O2S/c1-24-30(2,29)18-5-3-4-16(12-18)21-25-14-19-20(26-21)10-11-27(22(19)28)17-8-6-15(13-23)7-9-17/h3-5,12,14-15,17H,2,6-11,13,23H2,1H3,(H,24,29). The van der Waals surface area contributed by atoms with Crippen LogP contribution in [-0.2, 0) is 16.1 Å². The van der Waals surface area contributed by atoms with Crippen molar-refractivity contribution in [1.29, 1.82) is 0 Å². The van der Waals surface area contributed by atoms with Crippen molar-refractivity contribution < 1.29 is 9.00 Å². The van der Waals surface area contributed by atoms with E-state index in [1.165, 1.54) is 0 Å². The first-order valence-corrected chi connectivity index (χ1v) is 12.2. The van der Waals surface area contributed by atoms with Crippen LogP contribution in [0.1, 0.15) is 41.7 Å². The van der Waals surface area contributed by atoms with E-state index < -0.39 is 9.71 Å². The molecular weight excluding hydrogens is 398 g/mol. The Morgan fingerprint density at radius 2 is 2.07 bits per heavy atom. The number of amides is 1. The molecule has 1 aliphatic heterocycles. The highest BCUT2D eigenvalue weighted by Crippen LogP contribution is 2.30. The monoisotopic (exact) mass is 427 g/mol. The van der Waals surface area contributed by atoms with Crippen molar-refractivity contribution in [3.8, 4) is 11.4 Å². The van der Waals surface area contributed by atoms with Gasteiger partial charge in [0.05, 0.1) is 21.0 Å². The predicted molar refractivity (Wildman–Crippen MR) is 120 cm³/mol. The topological polar surface area (TPSA) is 101 Å². The first kappa shape index (κ1) is 21.0. The third-order valence-electron chi connectivity index (χ3n) is 6.34. The minimum Gasteiger partial charge on any atom is -0.335 e. The molecule has 7 nitrogen and oxygen atoms in total. The average Bonchev–Trinajstić information content (AvgIpc) is 2.79. The minimum atomic E-state index is -2.55. The number of nitrogens with one attached hydrogen (secondary N) is 1. The summed E-state index contributed by atoms with van der Waals surface area (Å²) in [6, 6.07) is 7.55. The van der Waals surface area contributed by atoms with Gasteiger partial charge in [-0.15, -0.1) is 0 Å². The highest BCUT2D eigenvalue weighted by molar-refractivity contribution is 7.98. The zero-order chi connectivity index (χ0) is 21.3. The van der Waals surface area contributed by atoms with Gasteiger partial charge in [-0.05, 0) is 63.2 Å². The van der Waals surface area contributed by atoms with Gasteiger partial charge in [0.15, 0.2) is 5.82 Å². The fourth-order valence-electron chi connectivity index (χ4n) is 4.41. The Labute approximate surface area is 178 Å². The molecule has 2 heterocycles. The molecule has 1 aliphatic carbocycles. The number of hydrogen-bond donors (Lipinski definition) is 2. The molecule has 2 aliphatic rings. The fourth-order valence-corrected chi connectivity index (χ4v) is 5.26. The Balaban J connectivity index is 1.56. The Bertz CT molecular complexity index is 1050. The van der Waals surface area contributed by atoms with Crippen LogP contribution < -0.4 is 10.5 Å². The van der Waals surface area contributed by atoms with E-state index in [1.807, 2.05) is 17.0 Å². The molecule has 1 unspecified atom stereocenters. The molecule has 1 saturated carbocycles. The summed E-state index contributed by atoms with van der Waals surface area (Å²) >= 11 is 0. The summed E-state index contributed by atoms with van der Waals surface area (Å²) in [4.78, 5) is 24.8. The number of nitrogens with two attached hydrogens (primary N) is 1. The summed E-state index contributed by atoms with van der Waals surface area (Å²) in [5.41, 5.74) is 7.94. The maximum absolute atomic E-state index is 13.1. The van der Waals surface area contributed by atoms with E-state index in [0.29, 0.717) is 28.7 Å². The van der Waals surface area contributed by atoms with Gasteiger partial charge in [0, 0.05) is 35.7 Å². The molecule has 0 bridgehead atoms. The second-order valence-electron chi connectivity index (χ2n) is 8.12. The lowest BCUT2D eigenvalue weighted by molar-refractivity contribution is 0.0589. The van der Waals surface area contributed by atoms with Crippen LogP contribution in [0.4, 0.5) is 0 Å². The van der Waals surface area contributed by atoms with Crippen molar-refractivity contribution in [2.24, 2.45) is 11.7 Å². The molecule has 30 heavy (non-hydrogen) atoms. The Hall–Kier alpha value is -2.29. The number of carbonyl (C=O) groups is 1. The SMILES string of the molecule is C=S(=O)(NC)c1cccc(-c2ncc3c(n2)CCN(C2CCC(CN)CC2)C3=O)c1. The first-order chi connectivity index (χ1) is 14.4. The normalized spacial score (nSPS) is 23.7. The van der Waals surface area contributed by atoms with Gasteiger partial charge in [-0.3, -0.25) is 4.79 Å². The van der Waals surface area contributed by atoms with E-state index in [9.17, 15) is 9.00 Å². The van der Waals surface area contributed by atoms with Crippen molar-refractivity contribution in [3.05, 3.63) is 41.7 Å². The molecule has 3 N–H and O–H groups in total. The van der Waals surface area contributed by atoms with Crippen LogP contribution in [0.25, 0.3) is 11.4 Å². The lowest BCUT2D eigenvalue weighted by atomic mass is 9.84. The maximum Gasteiger partial charge on any atom is 0.257 e. The van der Waals surface area contributed by atoms with Crippen LogP contribution in [0.15, 0.2) is 35.4 Å². The number of aromatic nitrogens is 2. The zero-order valence-electron chi connectivity index (χ0n) is 17.3. The van der Waals surface area contributed by atoms with Gasteiger partial charge in [-0.25, -0.2) is 18.9 Å². The molecule has 0 saturated heterocycles. The van der Waals surface area contributed by atoms with Crippen molar-refractivity contribution in [3.63, 3.8) is 0 Å². The van der Waals surface area contributed by atoms with Gasteiger partial charge in [0.25, 0.3) is 5.91 Å². The van der Waals surface area contributed by atoms with Crippen LogP contribution in [-0.4, -0.2) is 57.0 Å². The molecule has 8 heteroatoms. The predicted octanol–water partition coefficient (Wildman–Crippen LogP) is 1.87. The molecule has 1 fully saturated rings. The summed E-state index contributed by atoms with van der Waals surface area (Å²) in [7, 11) is -0.932. The number of carbonyl (C=O) groups excluding carboxylic acids is 1. The largest absolute Gasteiger partial charge is 0.335 e. The lowest BCUT2D eigenvalue weighted by Gasteiger charge is -2.38. The average molecular weight is 428 g/mol. The van der Waals surface area contributed by atoms with Crippen molar-refractivity contribution >= 4 is 21.5 Å². The highest BCUT2D eigenvalue weighted by Gasteiger charge is 2.33. The Kier molecular flexibility index (Phi) is 5.90. The van der Waals surface area contributed by atoms with Crippen LogP contribution in [0.2, 0.25) is 0 Å². The lowest BCUT2D eigenvalue weighted by Crippen LogP contribution is -2.46. The molecular formula is C22H29N5O2S. The van der Waals surface area contributed by atoms with Crippen LogP contribution in [0.5, 0.6) is 0 Å². The number of hydrogen-bond acceptors (Lipinski definition) is 5. The van der Waals surface area contributed by atoms with Crippen LogP contribution >= 0.6 is 0 Å². The van der Waals surface area contributed by atoms with Gasteiger partial charge < -0.3 is 10.6 Å². The van der Waals surface area contributed by atoms with Crippen LogP contribution in [0, 0.1) is 5.92 Å². The molecule has 0 radical (unpaired) electrons. The molecule has 1 aromatic heterocycles. The second kappa shape index (κ2) is 8.45. The van der Waals surface area contributed by atoms with Crippen molar-refractivity contribution in [1.82, 2.24) is 19.6 Å². The Morgan fingerprint density at radius 3 is 2.77 bits per heavy atom. The molecule has 160 valence electrons. The number of rotatable bonds is 5. The summed E-state index contributed by atoms with van der Waals surface area (Å²) in [5.74, 6) is 4.91. The minimum absolute atomic E-state index is 0.0312. The molecule has 1 aromatic carbocycles. The van der Waals surface area contributed by atoms with E-state index in [0.717, 1.165) is 49.9 Å². The molecule has 1 atom stereocenters. The smallest absolute Gasteiger partial charge is 0.257 e.